The molecule has 204 valence electrons. The van der Waals surface area contributed by atoms with Crippen molar-refractivity contribution in [1.29, 1.82) is 0 Å². The Hall–Kier alpha value is -2.54. The standard InChI is InChI=1S/C24H32ClN3O7S2/c1-4-22(28(36(3,30)31)18-7-12-23(34-2)21(25)17-18)24(29)26-13-16-35-19-8-10-20(11-9-19)37(32,33)27-14-5-6-15-27/h7-12,17,22H,4-6,13-16H2,1-3H3,(H,26,29)/t22-/m0/s1. The lowest BCUT2D eigenvalue weighted by Crippen LogP contribution is -2.50. The van der Waals surface area contributed by atoms with Gasteiger partial charge < -0.3 is 14.8 Å². The fourth-order valence-corrected chi connectivity index (χ4v) is 7.07. The van der Waals surface area contributed by atoms with Gasteiger partial charge in [-0.05, 0) is 61.7 Å². The molecule has 0 aromatic heterocycles. The predicted octanol–water partition coefficient (Wildman–Crippen LogP) is 2.87. The first kappa shape index (κ1) is 29.0. The minimum Gasteiger partial charge on any atom is -0.495 e. The van der Waals surface area contributed by atoms with Crippen LogP contribution in [-0.4, -0.2) is 72.7 Å². The number of ether oxygens (including phenoxy) is 2. The second kappa shape index (κ2) is 12.3. The molecule has 0 aliphatic carbocycles. The van der Waals surface area contributed by atoms with E-state index in [1.54, 1.807) is 19.1 Å². The molecule has 3 rings (SSSR count). The Morgan fingerprint density at radius 2 is 1.76 bits per heavy atom. The van der Waals surface area contributed by atoms with E-state index in [1.807, 2.05) is 0 Å². The largest absolute Gasteiger partial charge is 0.495 e. The molecule has 0 unspecified atom stereocenters. The van der Waals surface area contributed by atoms with Gasteiger partial charge in [0.1, 0.15) is 24.1 Å². The van der Waals surface area contributed by atoms with Crippen LogP contribution in [0.2, 0.25) is 5.02 Å². The highest BCUT2D eigenvalue weighted by atomic mass is 35.5. The number of methoxy groups -OCH3 is 1. The van der Waals surface area contributed by atoms with E-state index in [0.29, 0.717) is 24.6 Å². The molecule has 0 bridgehead atoms. The summed E-state index contributed by atoms with van der Waals surface area (Å²) < 4.78 is 63.7. The Bertz CT molecular complexity index is 1300. The molecule has 10 nitrogen and oxygen atoms in total. The summed E-state index contributed by atoms with van der Waals surface area (Å²) >= 11 is 6.18. The van der Waals surface area contributed by atoms with Crippen LogP contribution in [0.5, 0.6) is 11.5 Å². The van der Waals surface area contributed by atoms with Gasteiger partial charge in [-0.2, -0.15) is 4.31 Å². The van der Waals surface area contributed by atoms with Gasteiger partial charge in [-0.15, -0.1) is 0 Å². The maximum absolute atomic E-state index is 12.9. The van der Waals surface area contributed by atoms with Crippen LogP contribution in [0.15, 0.2) is 47.4 Å². The zero-order valence-corrected chi connectivity index (χ0v) is 23.4. The van der Waals surface area contributed by atoms with E-state index in [-0.39, 0.29) is 35.2 Å². The minimum absolute atomic E-state index is 0.105. The van der Waals surface area contributed by atoms with Crippen LogP contribution in [-0.2, 0) is 24.8 Å². The first-order chi connectivity index (χ1) is 17.5. The molecule has 1 atom stereocenters. The lowest BCUT2D eigenvalue weighted by molar-refractivity contribution is -0.122. The molecule has 1 heterocycles. The van der Waals surface area contributed by atoms with Crippen LogP contribution in [0, 0.1) is 0 Å². The second-order valence-corrected chi connectivity index (χ2v) is 12.7. The van der Waals surface area contributed by atoms with Crippen molar-refractivity contribution >= 4 is 43.2 Å². The van der Waals surface area contributed by atoms with Crippen LogP contribution >= 0.6 is 11.6 Å². The molecule has 2 aromatic rings. The van der Waals surface area contributed by atoms with Crippen molar-refractivity contribution in [1.82, 2.24) is 9.62 Å². The summed E-state index contributed by atoms with van der Waals surface area (Å²) in [5.74, 6) is 0.345. The molecular weight excluding hydrogens is 542 g/mol. The second-order valence-electron chi connectivity index (χ2n) is 8.52. The fraction of sp³-hybridized carbons (Fsp3) is 0.458. The summed E-state index contributed by atoms with van der Waals surface area (Å²) in [7, 11) is -5.87. The number of hydrogen-bond acceptors (Lipinski definition) is 7. The number of nitrogens with one attached hydrogen (secondary N) is 1. The SMILES string of the molecule is CC[C@@H](C(=O)NCCOc1ccc(S(=O)(=O)N2CCCC2)cc1)N(c1ccc(OC)c(Cl)c1)S(C)(=O)=O. The summed E-state index contributed by atoms with van der Waals surface area (Å²) in [6, 6.07) is 9.63. The van der Waals surface area contributed by atoms with Crippen LogP contribution in [0.4, 0.5) is 5.69 Å². The van der Waals surface area contributed by atoms with Crippen molar-refractivity contribution in [2.24, 2.45) is 0 Å². The molecule has 1 fully saturated rings. The van der Waals surface area contributed by atoms with Crippen LogP contribution in [0.3, 0.4) is 0 Å². The van der Waals surface area contributed by atoms with Crippen molar-refractivity contribution in [2.45, 2.75) is 37.1 Å². The Morgan fingerprint density at radius 3 is 2.30 bits per heavy atom. The van der Waals surface area contributed by atoms with E-state index in [0.717, 1.165) is 23.4 Å². The topological polar surface area (TPSA) is 122 Å². The summed E-state index contributed by atoms with van der Waals surface area (Å²) in [5, 5.41) is 2.92. The van der Waals surface area contributed by atoms with E-state index in [2.05, 4.69) is 5.32 Å². The van der Waals surface area contributed by atoms with Crippen molar-refractivity contribution < 1.29 is 31.1 Å². The average molecular weight is 574 g/mol. The van der Waals surface area contributed by atoms with E-state index in [9.17, 15) is 21.6 Å². The average Bonchev–Trinajstić information content (AvgIpc) is 3.40. The number of halogens is 1. The van der Waals surface area contributed by atoms with Gasteiger partial charge in [0, 0.05) is 13.1 Å². The van der Waals surface area contributed by atoms with Crippen LogP contribution in [0.25, 0.3) is 0 Å². The quantitative estimate of drug-likeness (QED) is 0.387. The van der Waals surface area contributed by atoms with Gasteiger partial charge in [0.25, 0.3) is 0 Å². The number of hydrogen-bond donors (Lipinski definition) is 1. The van der Waals surface area contributed by atoms with E-state index in [4.69, 9.17) is 21.1 Å². The van der Waals surface area contributed by atoms with Crippen LogP contribution in [0.1, 0.15) is 26.2 Å². The van der Waals surface area contributed by atoms with E-state index in [1.165, 1.54) is 41.7 Å². The summed E-state index contributed by atoms with van der Waals surface area (Å²) in [5.41, 5.74) is 0.246. The lowest BCUT2D eigenvalue weighted by atomic mass is 10.2. The van der Waals surface area contributed by atoms with Crippen molar-refractivity contribution in [3.05, 3.63) is 47.5 Å². The van der Waals surface area contributed by atoms with Gasteiger partial charge in [-0.3, -0.25) is 9.10 Å². The molecule has 37 heavy (non-hydrogen) atoms. The molecule has 1 aliphatic rings. The number of anilines is 1. The Labute approximate surface area is 223 Å². The molecule has 1 N–H and O–H groups in total. The molecule has 2 aromatic carbocycles. The number of nitrogens with zero attached hydrogens (tertiary/aromatic N) is 2. The minimum atomic E-state index is -3.82. The van der Waals surface area contributed by atoms with Crippen molar-refractivity contribution in [2.75, 3.05) is 43.9 Å². The lowest BCUT2D eigenvalue weighted by Gasteiger charge is -2.30. The summed E-state index contributed by atoms with van der Waals surface area (Å²) in [6.45, 7) is 2.99. The molecule has 0 radical (unpaired) electrons. The van der Waals surface area contributed by atoms with Gasteiger partial charge >= 0.3 is 0 Å². The third-order valence-electron chi connectivity index (χ3n) is 5.92. The number of carbonyl (C=O) groups excluding carboxylic acids is 1. The Balaban J connectivity index is 1.60. The van der Waals surface area contributed by atoms with Crippen molar-refractivity contribution in [3.8, 4) is 11.5 Å². The number of rotatable bonds is 12. The number of carbonyl (C=O) groups is 1. The number of amides is 1. The van der Waals surface area contributed by atoms with Gasteiger partial charge in [0.05, 0.1) is 35.5 Å². The van der Waals surface area contributed by atoms with E-state index < -0.39 is 32.0 Å². The third kappa shape index (κ3) is 7.07. The number of sulfonamides is 2. The highest BCUT2D eigenvalue weighted by molar-refractivity contribution is 7.92. The Morgan fingerprint density at radius 1 is 1.11 bits per heavy atom. The smallest absolute Gasteiger partial charge is 0.244 e. The monoisotopic (exact) mass is 573 g/mol. The zero-order valence-electron chi connectivity index (χ0n) is 21.0. The molecule has 1 aliphatic heterocycles. The fourth-order valence-electron chi connectivity index (χ4n) is 4.10. The maximum atomic E-state index is 12.9. The highest BCUT2D eigenvalue weighted by Crippen LogP contribution is 2.32. The molecule has 1 amide bonds. The van der Waals surface area contributed by atoms with Crippen molar-refractivity contribution in [3.63, 3.8) is 0 Å². The van der Waals surface area contributed by atoms with Gasteiger partial charge in [-0.1, -0.05) is 18.5 Å². The van der Waals surface area contributed by atoms with Gasteiger partial charge in [0.2, 0.25) is 26.0 Å². The van der Waals surface area contributed by atoms with Gasteiger partial charge in [0.15, 0.2) is 0 Å². The molecule has 0 saturated carbocycles. The first-order valence-electron chi connectivity index (χ1n) is 11.8. The normalized spacial score (nSPS) is 15.2. The van der Waals surface area contributed by atoms with Gasteiger partial charge in [-0.25, -0.2) is 16.8 Å². The first-order valence-corrected chi connectivity index (χ1v) is 15.5. The van der Waals surface area contributed by atoms with E-state index >= 15 is 0 Å². The molecule has 13 heteroatoms. The summed E-state index contributed by atoms with van der Waals surface area (Å²) in [6.07, 6.45) is 2.97. The zero-order chi connectivity index (χ0) is 27.2. The summed E-state index contributed by atoms with van der Waals surface area (Å²) in [4.78, 5) is 13.1. The third-order valence-corrected chi connectivity index (χ3v) is 9.30. The maximum Gasteiger partial charge on any atom is 0.244 e. The number of benzene rings is 2. The molecule has 0 spiro atoms. The van der Waals surface area contributed by atoms with Crippen LogP contribution < -0.4 is 19.1 Å². The molecular formula is C24H32ClN3O7S2. The molecule has 1 saturated heterocycles. The Kier molecular flexibility index (Phi) is 9.68. The highest BCUT2D eigenvalue weighted by Gasteiger charge is 2.32. The predicted molar refractivity (Wildman–Crippen MR) is 142 cm³/mol.